The zero-order chi connectivity index (χ0) is 19.9. The maximum atomic E-state index is 12.3. The molecule has 9 nitrogen and oxygen atoms in total. The van der Waals surface area contributed by atoms with Crippen molar-refractivity contribution in [1.82, 2.24) is 0 Å². The molecule has 0 spiro atoms. The van der Waals surface area contributed by atoms with Crippen molar-refractivity contribution < 1.29 is 42.9 Å². The second-order valence-corrected chi connectivity index (χ2v) is 6.79. The lowest BCUT2D eigenvalue weighted by atomic mass is 9.66. The van der Waals surface area contributed by atoms with E-state index in [0.29, 0.717) is 0 Å². The fourth-order valence-electron chi connectivity index (χ4n) is 4.53. The topological polar surface area (TPSA) is 114 Å². The maximum Gasteiger partial charge on any atom is 0.312 e. The fraction of sp³-hybridized carbons (Fsp3) is 0.667. The van der Waals surface area contributed by atoms with Crippen molar-refractivity contribution in [2.24, 2.45) is 23.7 Å². The summed E-state index contributed by atoms with van der Waals surface area (Å²) in [5.41, 5.74) is 1.51. The Morgan fingerprint density at radius 3 is 1.30 bits per heavy atom. The van der Waals surface area contributed by atoms with Crippen LogP contribution in [0.15, 0.2) is 11.1 Å². The number of rotatable bonds is 4. The van der Waals surface area contributed by atoms with Gasteiger partial charge >= 0.3 is 23.9 Å². The molecule has 148 valence electrons. The summed E-state index contributed by atoms with van der Waals surface area (Å²) in [6.45, 7) is 0. The van der Waals surface area contributed by atoms with Gasteiger partial charge in [0.2, 0.25) is 0 Å². The van der Waals surface area contributed by atoms with Crippen molar-refractivity contribution in [1.29, 1.82) is 0 Å². The van der Waals surface area contributed by atoms with E-state index in [9.17, 15) is 19.2 Å². The molecule has 2 bridgehead atoms. The summed E-state index contributed by atoms with van der Waals surface area (Å²) < 4.78 is 25.3. The van der Waals surface area contributed by atoms with Gasteiger partial charge in [0.05, 0.1) is 52.5 Å². The number of hydrogen-bond donors (Lipinski definition) is 0. The van der Waals surface area contributed by atoms with Gasteiger partial charge in [-0.05, 0) is 24.0 Å². The Kier molecular flexibility index (Phi) is 5.23. The molecule has 0 aromatic rings. The molecule has 9 heteroatoms. The van der Waals surface area contributed by atoms with Gasteiger partial charge in [0.1, 0.15) is 11.8 Å². The van der Waals surface area contributed by atoms with E-state index in [1.165, 1.54) is 28.4 Å². The average Bonchev–Trinajstić information content (AvgIpc) is 3.26. The first kappa shape index (κ1) is 19.3. The largest absolute Gasteiger partial charge is 0.469 e. The molecule has 0 aromatic carbocycles. The summed E-state index contributed by atoms with van der Waals surface area (Å²) in [6.07, 6.45) is -0.978. The van der Waals surface area contributed by atoms with Gasteiger partial charge < -0.3 is 23.7 Å². The van der Waals surface area contributed by atoms with Crippen molar-refractivity contribution in [2.45, 2.75) is 25.0 Å². The molecule has 27 heavy (non-hydrogen) atoms. The third-order valence-electron chi connectivity index (χ3n) is 5.75. The zero-order valence-electron chi connectivity index (χ0n) is 15.6. The number of esters is 4. The van der Waals surface area contributed by atoms with E-state index in [2.05, 4.69) is 0 Å². The van der Waals surface area contributed by atoms with Crippen LogP contribution in [0.1, 0.15) is 12.8 Å². The average molecular weight is 382 g/mol. The SMILES string of the molecule is COC(=O)C1CC2=C(CC1C(=O)OC)[C@@H]1O[C@H]2[C@@H](C(=O)OC)[C@H]1C(=O)OC. The molecule has 0 saturated carbocycles. The van der Waals surface area contributed by atoms with Gasteiger partial charge in [-0.2, -0.15) is 0 Å². The summed E-state index contributed by atoms with van der Waals surface area (Å²) in [4.78, 5) is 49.1. The lowest BCUT2D eigenvalue weighted by Crippen LogP contribution is -2.45. The third-order valence-corrected chi connectivity index (χ3v) is 5.75. The van der Waals surface area contributed by atoms with Gasteiger partial charge in [-0.15, -0.1) is 0 Å². The molecule has 1 fully saturated rings. The predicted octanol–water partition coefficient (Wildman–Crippen LogP) is 0.0146. The van der Waals surface area contributed by atoms with Crippen LogP contribution in [0.25, 0.3) is 0 Å². The molecule has 3 rings (SSSR count). The summed E-state index contributed by atoms with van der Waals surface area (Å²) in [7, 11) is 4.98. The number of hydrogen-bond acceptors (Lipinski definition) is 9. The van der Waals surface area contributed by atoms with Gasteiger partial charge in [-0.25, -0.2) is 0 Å². The van der Waals surface area contributed by atoms with Crippen LogP contribution in [0.4, 0.5) is 0 Å². The monoisotopic (exact) mass is 382 g/mol. The van der Waals surface area contributed by atoms with Gasteiger partial charge in [-0.1, -0.05) is 0 Å². The maximum absolute atomic E-state index is 12.3. The second-order valence-electron chi connectivity index (χ2n) is 6.79. The van der Waals surface area contributed by atoms with Crippen molar-refractivity contribution in [3.8, 4) is 0 Å². The smallest absolute Gasteiger partial charge is 0.312 e. The van der Waals surface area contributed by atoms with Crippen LogP contribution in [0, 0.1) is 23.7 Å². The van der Waals surface area contributed by atoms with Gasteiger partial charge in [0, 0.05) is 0 Å². The Hall–Kier alpha value is -2.42. The Balaban J connectivity index is 2.00. The highest BCUT2D eigenvalue weighted by Crippen LogP contribution is 2.54. The highest BCUT2D eigenvalue weighted by atomic mass is 16.6. The number of carbonyl (C=O) groups excluding carboxylic acids is 4. The molecule has 0 radical (unpaired) electrons. The molecule has 2 heterocycles. The Morgan fingerprint density at radius 1 is 0.667 bits per heavy atom. The van der Waals surface area contributed by atoms with E-state index in [0.717, 1.165) is 11.1 Å². The molecule has 6 atom stereocenters. The molecule has 0 aromatic heterocycles. The van der Waals surface area contributed by atoms with Crippen molar-refractivity contribution in [3.63, 3.8) is 0 Å². The minimum Gasteiger partial charge on any atom is -0.469 e. The number of methoxy groups -OCH3 is 4. The first-order valence-electron chi connectivity index (χ1n) is 8.58. The van der Waals surface area contributed by atoms with E-state index in [1.54, 1.807) is 0 Å². The Labute approximate surface area is 155 Å². The molecule has 3 aliphatic rings. The lowest BCUT2D eigenvalue weighted by Gasteiger charge is -2.35. The summed E-state index contributed by atoms with van der Waals surface area (Å²) in [5.74, 6) is -5.38. The summed E-state index contributed by atoms with van der Waals surface area (Å²) in [6, 6.07) is 0. The molecular formula is C18H22O9. The van der Waals surface area contributed by atoms with Crippen molar-refractivity contribution in [2.75, 3.05) is 28.4 Å². The Morgan fingerprint density at radius 2 is 1.00 bits per heavy atom. The van der Waals surface area contributed by atoms with Crippen LogP contribution in [-0.4, -0.2) is 64.5 Å². The zero-order valence-corrected chi connectivity index (χ0v) is 15.6. The predicted molar refractivity (Wildman–Crippen MR) is 86.9 cm³/mol. The molecule has 1 aliphatic carbocycles. The molecule has 0 amide bonds. The number of carbonyl (C=O) groups is 4. The second kappa shape index (κ2) is 7.30. The number of ether oxygens (including phenoxy) is 5. The minimum atomic E-state index is -0.848. The third kappa shape index (κ3) is 2.90. The summed E-state index contributed by atoms with van der Waals surface area (Å²) >= 11 is 0. The van der Waals surface area contributed by atoms with E-state index < -0.39 is 59.8 Å². The highest BCUT2D eigenvalue weighted by molar-refractivity contribution is 5.87. The van der Waals surface area contributed by atoms with Gasteiger partial charge in [-0.3, -0.25) is 19.2 Å². The van der Waals surface area contributed by atoms with Crippen LogP contribution in [-0.2, 0) is 42.9 Å². The van der Waals surface area contributed by atoms with Crippen LogP contribution in [0.3, 0.4) is 0 Å². The molecule has 2 unspecified atom stereocenters. The summed E-state index contributed by atoms with van der Waals surface area (Å²) in [5, 5.41) is 0. The van der Waals surface area contributed by atoms with E-state index >= 15 is 0 Å². The normalized spacial score (nSPS) is 33.9. The highest BCUT2D eigenvalue weighted by Gasteiger charge is 2.62. The van der Waals surface area contributed by atoms with Crippen LogP contribution in [0.2, 0.25) is 0 Å². The van der Waals surface area contributed by atoms with Crippen LogP contribution >= 0.6 is 0 Å². The van der Waals surface area contributed by atoms with E-state index in [4.69, 9.17) is 23.7 Å². The standard InChI is InChI=1S/C18H22O9/c1-23-15(19)9-5-7-8(6-10(9)16(20)24-2)14-12(18(22)26-4)11(13(7)27-14)17(21)25-3/h9-14H,5-6H2,1-4H3/t9?,10?,11-,12+,13+,14-. The quantitative estimate of drug-likeness (QED) is 0.377. The van der Waals surface area contributed by atoms with Gasteiger partial charge in [0.25, 0.3) is 0 Å². The lowest BCUT2D eigenvalue weighted by molar-refractivity contribution is -0.159. The first-order chi connectivity index (χ1) is 12.9. The minimum absolute atomic E-state index is 0.199. The molecule has 2 aliphatic heterocycles. The van der Waals surface area contributed by atoms with Crippen LogP contribution in [0.5, 0.6) is 0 Å². The molecule has 1 saturated heterocycles. The van der Waals surface area contributed by atoms with E-state index in [1.807, 2.05) is 0 Å². The number of fused-ring (bicyclic) bond motifs is 4. The Bertz CT molecular complexity index is 652. The molecular weight excluding hydrogens is 360 g/mol. The molecule has 0 N–H and O–H groups in total. The fourth-order valence-corrected chi connectivity index (χ4v) is 4.53. The first-order valence-corrected chi connectivity index (χ1v) is 8.58. The van der Waals surface area contributed by atoms with Crippen molar-refractivity contribution >= 4 is 23.9 Å². The van der Waals surface area contributed by atoms with Crippen LogP contribution < -0.4 is 0 Å². The van der Waals surface area contributed by atoms with E-state index in [-0.39, 0.29) is 12.8 Å². The van der Waals surface area contributed by atoms with Gasteiger partial charge in [0.15, 0.2) is 0 Å². The van der Waals surface area contributed by atoms with Crippen molar-refractivity contribution in [3.05, 3.63) is 11.1 Å².